The number of amides is 2. The Bertz CT molecular complexity index is 1230. The molecular weight excluding hydrogens is 482 g/mol. The lowest BCUT2D eigenvalue weighted by molar-refractivity contribution is -0.128. The maximum absolute atomic E-state index is 13.3. The Morgan fingerprint density at radius 2 is 1.86 bits per heavy atom. The Morgan fingerprint density at radius 3 is 2.54 bits per heavy atom. The molecule has 0 aromatic heterocycles. The van der Waals surface area contributed by atoms with Crippen LogP contribution in [0.25, 0.3) is 0 Å². The third-order valence-corrected chi connectivity index (χ3v) is 6.95. The highest BCUT2D eigenvalue weighted by Crippen LogP contribution is 2.32. The first-order valence-corrected chi connectivity index (χ1v) is 12.5. The third-order valence-electron chi connectivity index (χ3n) is 5.53. The van der Waals surface area contributed by atoms with Crippen LogP contribution in [0.2, 0.25) is 5.02 Å². The van der Waals surface area contributed by atoms with E-state index in [1.165, 1.54) is 11.8 Å². The Hall–Kier alpha value is -3.29. The molecule has 0 saturated carbocycles. The van der Waals surface area contributed by atoms with Crippen LogP contribution < -0.4 is 10.1 Å². The molecule has 180 valence electrons. The standard InChI is InChI=1S/C27H26ClN3O3S/c1-18-4-3-5-22(16-18)29-25(32)17-24-26(33)31(15-14-19-6-8-20(28)9-7-19)27(35-24)30-21-10-12-23(34-2)13-11-21/h3-13,16,24H,14-15,17H2,1-2H3,(H,29,32)/t24-/m1/s1. The molecule has 1 aliphatic heterocycles. The van der Waals surface area contributed by atoms with Gasteiger partial charge in [-0.25, -0.2) is 4.99 Å². The third kappa shape index (κ3) is 6.65. The summed E-state index contributed by atoms with van der Waals surface area (Å²) in [6.07, 6.45) is 0.712. The van der Waals surface area contributed by atoms with Gasteiger partial charge in [-0.1, -0.05) is 47.6 Å². The Balaban J connectivity index is 1.50. The van der Waals surface area contributed by atoms with E-state index >= 15 is 0 Å². The quantitative estimate of drug-likeness (QED) is 0.414. The van der Waals surface area contributed by atoms with Gasteiger partial charge in [-0.3, -0.25) is 14.5 Å². The molecule has 0 bridgehead atoms. The number of carbonyl (C=O) groups excluding carboxylic acids is 2. The molecule has 0 unspecified atom stereocenters. The molecule has 8 heteroatoms. The number of amidine groups is 1. The zero-order valence-corrected chi connectivity index (χ0v) is 21.1. The van der Waals surface area contributed by atoms with Crippen molar-refractivity contribution in [3.63, 3.8) is 0 Å². The maximum Gasteiger partial charge on any atom is 0.242 e. The van der Waals surface area contributed by atoms with Gasteiger partial charge in [0.1, 0.15) is 11.0 Å². The Labute approximate surface area is 214 Å². The number of rotatable bonds is 8. The van der Waals surface area contributed by atoms with Crippen molar-refractivity contribution in [2.45, 2.75) is 25.0 Å². The fourth-order valence-electron chi connectivity index (χ4n) is 3.69. The summed E-state index contributed by atoms with van der Waals surface area (Å²) in [5.41, 5.74) is 3.55. The summed E-state index contributed by atoms with van der Waals surface area (Å²) in [7, 11) is 1.61. The summed E-state index contributed by atoms with van der Waals surface area (Å²) >= 11 is 7.32. The highest BCUT2D eigenvalue weighted by atomic mass is 35.5. The molecule has 4 rings (SSSR count). The summed E-state index contributed by atoms with van der Waals surface area (Å²) in [6, 6.07) is 22.5. The topological polar surface area (TPSA) is 71.0 Å². The number of nitrogens with one attached hydrogen (secondary N) is 1. The molecule has 3 aromatic rings. The number of carbonyl (C=O) groups is 2. The summed E-state index contributed by atoms with van der Waals surface area (Å²) in [5, 5.41) is 3.61. The number of anilines is 1. The molecule has 6 nitrogen and oxygen atoms in total. The molecule has 1 N–H and O–H groups in total. The fraction of sp³-hybridized carbons (Fsp3) is 0.222. The van der Waals surface area contributed by atoms with E-state index in [2.05, 4.69) is 5.32 Å². The van der Waals surface area contributed by atoms with Gasteiger partial charge in [-0.2, -0.15) is 0 Å². The second-order valence-electron chi connectivity index (χ2n) is 8.19. The van der Waals surface area contributed by atoms with Crippen LogP contribution in [0, 0.1) is 6.92 Å². The maximum atomic E-state index is 13.3. The average Bonchev–Trinajstić information content (AvgIpc) is 3.12. The lowest BCUT2D eigenvalue weighted by Crippen LogP contribution is -2.35. The molecule has 1 fully saturated rings. The van der Waals surface area contributed by atoms with Crippen molar-refractivity contribution in [3.8, 4) is 5.75 Å². The first-order valence-electron chi connectivity index (χ1n) is 11.2. The van der Waals surface area contributed by atoms with Crippen molar-refractivity contribution in [3.05, 3.63) is 88.9 Å². The second kappa shape index (κ2) is 11.4. The van der Waals surface area contributed by atoms with Crippen molar-refractivity contribution < 1.29 is 14.3 Å². The van der Waals surface area contributed by atoms with E-state index in [-0.39, 0.29) is 18.2 Å². The van der Waals surface area contributed by atoms with E-state index in [1.807, 2.05) is 79.7 Å². The average molecular weight is 508 g/mol. The van der Waals surface area contributed by atoms with Crippen LogP contribution in [-0.2, 0) is 16.0 Å². The molecule has 0 radical (unpaired) electrons. The summed E-state index contributed by atoms with van der Waals surface area (Å²) < 4.78 is 5.22. The number of thioether (sulfide) groups is 1. The molecule has 1 saturated heterocycles. The van der Waals surface area contributed by atoms with Crippen LogP contribution in [-0.4, -0.2) is 40.8 Å². The van der Waals surface area contributed by atoms with Crippen molar-refractivity contribution in [1.29, 1.82) is 0 Å². The van der Waals surface area contributed by atoms with Gasteiger partial charge in [-0.05, 0) is 73.0 Å². The highest BCUT2D eigenvalue weighted by Gasteiger charge is 2.39. The lowest BCUT2D eigenvalue weighted by Gasteiger charge is -2.16. The molecule has 1 atom stereocenters. The molecule has 2 amide bonds. The van der Waals surface area contributed by atoms with Crippen LogP contribution in [0.3, 0.4) is 0 Å². The molecule has 3 aromatic carbocycles. The molecule has 1 aliphatic rings. The summed E-state index contributed by atoms with van der Waals surface area (Å²) in [4.78, 5) is 32.4. The Morgan fingerprint density at radius 1 is 1.11 bits per heavy atom. The zero-order valence-electron chi connectivity index (χ0n) is 19.5. The van der Waals surface area contributed by atoms with Gasteiger partial charge in [0, 0.05) is 23.7 Å². The van der Waals surface area contributed by atoms with E-state index in [1.54, 1.807) is 12.0 Å². The van der Waals surface area contributed by atoms with Gasteiger partial charge < -0.3 is 10.1 Å². The van der Waals surface area contributed by atoms with Crippen molar-refractivity contribution >= 4 is 51.7 Å². The largest absolute Gasteiger partial charge is 0.497 e. The number of hydrogen-bond acceptors (Lipinski definition) is 5. The number of aryl methyl sites for hydroxylation is 1. The minimum atomic E-state index is -0.540. The summed E-state index contributed by atoms with van der Waals surface area (Å²) in [5.74, 6) is 0.412. The fourth-order valence-corrected chi connectivity index (χ4v) is 5.00. The van der Waals surface area contributed by atoms with Crippen LogP contribution in [0.15, 0.2) is 77.8 Å². The number of nitrogens with zero attached hydrogens (tertiary/aromatic N) is 2. The van der Waals surface area contributed by atoms with Gasteiger partial charge >= 0.3 is 0 Å². The van der Waals surface area contributed by atoms with E-state index in [0.29, 0.717) is 28.8 Å². The first kappa shape index (κ1) is 24.8. The van der Waals surface area contributed by atoms with Crippen molar-refractivity contribution in [2.24, 2.45) is 4.99 Å². The predicted molar refractivity (Wildman–Crippen MR) is 143 cm³/mol. The van der Waals surface area contributed by atoms with Crippen LogP contribution in [0.1, 0.15) is 17.5 Å². The number of methoxy groups -OCH3 is 1. The number of aliphatic imine (C=N–C) groups is 1. The van der Waals surface area contributed by atoms with Crippen molar-refractivity contribution in [2.75, 3.05) is 19.0 Å². The van der Waals surface area contributed by atoms with Gasteiger partial charge in [0.2, 0.25) is 11.8 Å². The van der Waals surface area contributed by atoms with E-state index in [0.717, 1.165) is 22.6 Å². The Kier molecular flexibility index (Phi) is 8.10. The molecule has 0 spiro atoms. The lowest BCUT2D eigenvalue weighted by atomic mass is 10.1. The second-order valence-corrected chi connectivity index (χ2v) is 9.79. The van der Waals surface area contributed by atoms with Crippen LogP contribution in [0.4, 0.5) is 11.4 Å². The predicted octanol–water partition coefficient (Wildman–Crippen LogP) is 5.86. The number of hydrogen-bond donors (Lipinski definition) is 1. The van der Waals surface area contributed by atoms with E-state index in [9.17, 15) is 9.59 Å². The molecule has 35 heavy (non-hydrogen) atoms. The SMILES string of the molecule is COc1ccc(N=C2S[C@H](CC(=O)Nc3cccc(C)c3)C(=O)N2CCc2ccc(Cl)cc2)cc1. The number of halogens is 1. The van der Waals surface area contributed by atoms with Crippen LogP contribution in [0.5, 0.6) is 5.75 Å². The van der Waals surface area contributed by atoms with Crippen molar-refractivity contribution in [1.82, 2.24) is 4.90 Å². The number of benzene rings is 3. The zero-order chi connectivity index (χ0) is 24.8. The normalized spacial score (nSPS) is 16.5. The first-order chi connectivity index (χ1) is 16.9. The summed E-state index contributed by atoms with van der Waals surface area (Å²) in [6.45, 7) is 2.42. The number of ether oxygens (including phenoxy) is 1. The van der Waals surface area contributed by atoms with Gasteiger partial charge in [-0.15, -0.1) is 0 Å². The van der Waals surface area contributed by atoms with E-state index in [4.69, 9.17) is 21.3 Å². The smallest absolute Gasteiger partial charge is 0.242 e. The molecule has 1 heterocycles. The van der Waals surface area contributed by atoms with Gasteiger partial charge in [0.25, 0.3) is 0 Å². The van der Waals surface area contributed by atoms with Crippen LogP contribution >= 0.6 is 23.4 Å². The minimum Gasteiger partial charge on any atom is -0.497 e. The van der Waals surface area contributed by atoms with E-state index < -0.39 is 5.25 Å². The molecular formula is C27H26ClN3O3S. The monoisotopic (exact) mass is 507 g/mol. The minimum absolute atomic E-state index is 0.0660. The highest BCUT2D eigenvalue weighted by molar-refractivity contribution is 8.15. The molecule has 0 aliphatic carbocycles. The van der Waals surface area contributed by atoms with Gasteiger partial charge in [0.15, 0.2) is 5.17 Å². The van der Waals surface area contributed by atoms with Gasteiger partial charge in [0.05, 0.1) is 12.8 Å².